The average Bonchev–Trinajstić information content (AvgIpc) is 2.07. The number of halogens is 2. The lowest BCUT2D eigenvalue weighted by Gasteiger charge is -2.34. The van der Waals surface area contributed by atoms with Crippen molar-refractivity contribution in [2.75, 3.05) is 17.2 Å². The van der Waals surface area contributed by atoms with Gasteiger partial charge in [-0.25, -0.2) is 8.78 Å². The molecule has 0 spiro atoms. The van der Waals surface area contributed by atoms with Crippen LogP contribution in [0.3, 0.4) is 0 Å². The summed E-state index contributed by atoms with van der Waals surface area (Å²) in [5.41, 5.74) is 1.08. The molecule has 0 aromatic heterocycles. The highest BCUT2D eigenvalue weighted by Gasteiger charge is 2.24. The molecule has 0 radical (unpaired) electrons. The Labute approximate surface area is 81.3 Å². The number of anilines is 2. The normalized spacial score (nSPS) is 18.0. The minimum absolute atomic E-state index is 0.142. The van der Waals surface area contributed by atoms with Gasteiger partial charge in [0.15, 0.2) is 11.6 Å². The second-order valence-electron chi connectivity index (χ2n) is 4.17. The molecule has 0 bridgehead atoms. The first-order valence-electron chi connectivity index (χ1n) is 4.49. The number of fused-ring (bicyclic) bond motifs is 1. The Morgan fingerprint density at radius 3 is 2.36 bits per heavy atom. The van der Waals surface area contributed by atoms with E-state index in [1.807, 2.05) is 13.8 Å². The Balaban J connectivity index is 2.43. The molecule has 1 aliphatic heterocycles. The third kappa shape index (κ3) is 1.52. The third-order valence-corrected chi connectivity index (χ3v) is 2.25. The topological polar surface area (TPSA) is 24.1 Å². The highest BCUT2D eigenvalue weighted by molar-refractivity contribution is 5.72. The second-order valence-corrected chi connectivity index (χ2v) is 4.17. The van der Waals surface area contributed by atoms with Crippen molar-refractivity contribution in [2.24, 2.45) is 0 Å². The highest BCUT2D eigenvalue weighted by Crippen LogP contribution is 2.31. The molecule has 1 aliphatic rings. The molecular formula is C10H12F2N2. The molecule has 0 fully saturated rings. The molecule has 0 saturated carbocycles. The van der Waals surface area contributed by atoms with Gasteiger partial charge in [0.25, 0.3) is 0 Å². The monoisotopic (exact) mass is 198 g/mol. The predicted octanol–water partition coefficient (Wildman–Crippen LogP) is 2.58. The number of hydrogen-bond donors (Lipinski definition) is 2. The quantitative estimate of drug-likeness (QED) is 0.669. The van der Waals surface area contributed by atoms with Gasteiger partial charge >= 0.3 is 0 Å². The fourth-order valence-electron chi connectivity index (χ4n) is 1.52. The van der Waals surface area contributed by atoms with E-state index < -0.39 is 11.6 Å². The van der Waals surface area contributed by atoms with Crippen LogP contribution in [0.1, 0.15) is 13.8 Å². The van der Waals surface area contributed by atoms with E-state index >= 15 is 0 Å². The van der Waals surface area contributed by atoms with Crippen LogP contribution >= 0.6 is 0 Å². The molecule has 0 saturated heterocycles. The van der Waals surface area contributed by atoms with Crippen molar-refractivity contribution < 1.29 is 8.78 Å². The summed E-state index contributed by atoms with van der Waals surface area (Å²) in [6.45, 7) is 4.67. The van der Waals surface area contributed by atoms with Crippen LogP contribution < -0.4 is 10.6 Å². The van der Waals surface area contributed by atoms with Gasteiger partial charge in [0, 0.05) is 24.2 Å². The molecule has 2 nitrogen and oxygen atoms in total. The van der Waals surface area contributed by atoms with E-state index in [1.165, 1.54) is 12.1 Å². The molecule has 0 aliphatic carbocycles. The molecule has 0 amide bonds. The molecule has 1 aromatic rings. The van der Waals surface area contributed by atoms with Gasteiger partial charge in [-0.3, -0.25) is 0 Å². The van der Waals surface area contributed by atoms with Crippen LogP contribution in [0.4, 0.5) is 20.2 Å². The van der Waals surface area contributed by atoms with Crippen molar-refractivity contribution in [3.05, 3.63) is 23.8 Å². The van der Waals surface area contributed by atoms with Gasteiger partial charge in [0.1, 0.15) is 0 Å². The van der Waals surface area contributed by atoms with Gasteiger partial charge in [0.05, 0.1) is 11.4 Å². The summed E-state index contributed by atoms with van der Waals surface area (Å²) in [5.74, 6) is -1.64. The van der Waals surface area contributed by atoms with Gasteiger partial charge in [-0.05, 0) is 13.8 Å². The summed E-state index contributed by atoms with van der Waals surface area (Å²) in [7, 11) is 0. The lowest BCUT2D eigenvalue weighted by Crippen LogP contribution is -2.42. The van der Waals surface area contributed by atoms with Crippen LogP contribution in [0, 0.1) is 11.6 Å². The fraction of sp³-hybridized carbons (Fsp3) is 0.400. The Hall–Kier alpha value is -1.32. The van der Waals surface area contributed by atoms with Gasteiger partial charge in [0.2, 0.25) is 0 Å². The van der Waals surface area contributed by atoms with Crippen LogP contribution in [-0.2, 0) is 0 Å². The molecule has 1 aromatic carbocycles. The molecule has 2 rings (SSSR count). The summed E-state index contributed by atoms with van der Waals surface area (Å²) < 4.78 is 25.8. The van der Waals surface area contributed by atoms with Gasteiger partial charge in [-0.1, -0.05) is 0 Å². The smallest absolute Gasteiger partial charge is 0.161 e. The zero-order chi connectivity index (χ0) is 10.3. The third-order valence-electron chi connectivity index (χ3n) is 2.25. The van der Waals surface area contributed by atoms with E-state index in [4.69, 9.17) is 0 Å². The van der Waals surface area contributed by atoms with Crippen LogP contribution in [0.2, 0.25) is 0 Å². The first-order chi connectivity index (χ1) is 6.48. The SMILES string of the molecule is CC1(C)CNc2cc(F)c(F)cc2N1. The van der Waals surface area contributed by atoms with Crippen molar-refractivity contribution >= 4 is 11.4 Å². The summed E-state index contributed by atoms with van der Waals surface area (Å²) >= 11 is 0. The second kappa shape index (κ2) is 2.83. The van der Waals surface area contributed by atoms with Gasteiger partial charge in [-0.15, -0.1) is 0 Å². The zero-order valence-corrected chi connectivity index (χ0v) is 8.12. The minimum Gasteiger partial charge on any atom is -0.381 e. The summed E-state index contributed by atoms with van der Waals surface area (Å²) in [6.07, 6.45) is 0. The van der Waals surface area contributed by atoms with Crippen LogP contribution in [0.15, 0.2) is 12.1 Å². The molecule has 4 heteroatoms. The molecule has 14 heavy (non-hydrogen) atoms. The van der Waals surface area contributed by atoms with E-state index in [2.05, 4.69) is 10.6 Å². The minimum atomic E-state index is -0.823. The Morgan fingerprint density at radius 2 is 1.71 bits per heavy atom. The maximum Gasteiger partial charge on any atom is 0.161 e. The fourth-order valence-corrected chi connectivity index (χ4v) is 1.52. The predicted molar refractivity (Wildman–Crippen MR) is 52.5 cm³/mol. The summed E-state index contributed by atoms with van der Waals surface area (Å²) in [5, 5.41) is 6.19. The van der Waals surface area contributed by atoms with Gasteiger partial charge < -0.3 is 10.6 Å². The standard InChI is InChI=1S/C10H12F2N2/c1-10(2)5-13-8-3-6(11)7(12)4-9(8)14-10/h3-4,13-14H,5H2,1-2H3. The number of benzene rings is 1. The number of rotatable bonds is 0. The summed E-state index contributed by atoms with van der Waals surface area (Å²) in [6, 6.07) is 2.35. The van der Waals surface area contributed by atoms with E-state index in [0.717, 1.165) is 0 Å². The van der Waals surface area contributed by atoms with Crippen molar-refractivity contribution in [1.29, 1.82) is 0 Å². The Morgan fingerprint density at radius 1 is 1.14 bits per heavy atom. The maximum absolute atomic E-state index is 12.9. The van der Waals surface area contributed by atoms with E-state index in [1.54, 1.807) is 0 Å². The first kappa shape index (κ1) is 9.24. The van der Waals surface area contributed by atoms with E-state index in [-0.39, 0.29) is 5.54 Å². The summed E-state index contributed by atoms with van der Waals surface area (Å²) in [4.78, 5) is 0. The van der Waals surface area contributed by atoms with E-state index in [0.29, 0.717) is 17.9 Å². The first-order valence-corrected chi connectivity index (χ1v) is 4.49. The van der Waals surface area contributed by atoms with Crippen molar-refractivity contribution in [1.82, 2.24) is 0 Å². The van der Waals surface area contributed by atoms with Crippen LogP contribution in [-0.4, -0.2) is 12.1 Å². The molecule has 0 atom stereocenters. The Bertz CT molecular complexity index is 375. The van der Waals surface area contributed by atoms with E-state index in [9.17, 15) is 8.78 Å². The van der Waals surface area contributed by atoms with Crippen molar-refractivity contribution in [3.8, 4) is 0 Å². The van der Waals surface area contributed by atoms with Crippen LogP contribution in [0.25, 0.3) is 0 Å². The van der Waals surface area contributed by atoms with Crippen LogP contribution in [0.5, 0.6) is 0 Å². The lowest BCUT2D eigenvalue weighted by atomic mass is 10.0. The largest absolute Gasteiger partial charge is 0.381 e. The van der Waals surface area contributed by atoms with Gasteiger partial charge in [-0.2, -0.15) is 0 Å². The maximum atomic E-state index is 12.9. The Kier molecular flexibility index (Phi) is 1.87. The van der Waals surface area contributed by atoms with Crippen molar-refractivity contribution in [2.45, 2.75) is 19.4 Å². The molecule has 2 N–H and O–H groups in total. The molecule has 1 heterocycles. The molecular weight excluding hydrogens is 186 g/mol. The highest BCUT2D eigenvalue weighted by atomic mass is 19.2. The zero-order valence-electron chi connectivity index (χ0n) is 8.12. The lowest BCUT2D eigenvalue weighted by molar-refractivity contribution is 0.506. The molecule has 0 unspecified atom stereocenters. The number of hydrogen-bond acceptors (Lipinski definition) is 2. The average molecular weight is 198 g/mol. The van der Waals surface area contributed by atoms with Crippen molar-refractivity contribution in [3.63, 3.8) is 0 Å². The molecule has 76 valence electrons. The number of nitrogens with one attached hydrogen (secondary N) is 2.